The summed E-state index contributed by atoms with van der Waals surface area (Å²) in [6.07, 6.45) is 0. The standard InChI is InChI=1S/C35H46.2CH3.Ti/c1-19(2)25-15-27-13-23(9)33(31(27)29(17-25)21(5)6)35(11,12)34-24(10)14-28-16-26(20(3)4)18-30(22(7)8)32(28)34;;;/h13-22H,1-12H3;2*1H3;/q-2;2*-1;+4. The van der Waals surface area contributed by atoms with Gasteiger partial charge in [0.1, 0.15) is 0 Å². The molecule has 0 aliphatic heterocycles. The average molecular weight is 545 g/mol. The molecule has 0 aliphatic carbocycles. The van der Waals surface area contributed by atoms with Crippen LogP contribution in [0.2, 0.25) is 0 Å². The first-order valence-corrected chi connectivity index (χ1v) is 13.7. The minimum absolute atomic E-state index is 0. The third-order valence-electron chi connectivity index (χ3n) is 8.30. The van der Waals surface area contributed by atoms with Crippen molar-refractivity contribution in [2.24, 2.45) is 0 Å². The molecule has 0 aromatic heterocycles. The molecule has 0 atom stereocenters. The fraction of sp³-hybridized carbons (Fsp3) is 0.459. The van der Waals surface area contributed by atoms with E-state index >= 15 is 0 Å². The van der Waals surface area contributed by atoms with Crippen molar-refractivity contribution in [2.45, 2.75) is 112 Å². The van der Waals surface area contributed by atoms with Gasteiger partial charge < -0.3 is 14.9 Å². The Morgan fingerprint density at radius 1 is 0.553 bits per heavy atom. The van der Waals surface area contributed by atoms with Gasteiger partial charge in [-0.25, -0.2) is 0 Å². The molecule has 0 aliphatic rings. The molecule has 4 aromatic rings. The van der Waals surface area contributed by atoms with E-state index in [2.05, 4.69) is 119 Å². The predicted molar refractivity (Wildman–Crippen MR) is 170 cm³/mol. The van der Waals surface area contributed by atoms with Crippen LogP contribution in [-0.2, 0) is 27.1 Å². The van der Waals surface area contributed by atoms with E-state index in [9.17, 15) is 0 Å². The van der Waals surface area contributed by atoms with Gasteiger partial charge in [0.15, 0.2) is 0 Å². The van der Waals surface area contributed by atoms with E-state index in [4.69, 9.17) is 0 Å². The van der Waals surface area contributed by atoms with Crippen LogP contribution in [0.15, 0.2) is 36.4 Å². The number of fused-ring (bicyclic) bond motifs is 2. The predicted octanol–water partition coefficient (Wildman–Crippen LogP) is 11.8. The molecular formula is C37H52Ti. The van der Waals surface area contributed by atoms with Gasteiger partial charge in [0.2, 0.25) is 0 Å². The number of rotatable bonds is 6. The van der Waals surface area contributed by atoms with Gasteiger partial charge in [0.25, 0.3) is 0 Å². The Balaban J connectivity index is 0.00000241. The van der Waals surface area contributed by atoms with Gasteiger partial charge in [0.05, 0.1) is 0 Å². The summed E-state index contributed by atoms with van der Waals surface area (Å²) in [7, 11) is 0. The summed E-state index contributed by atoms with van der Waals surface area (Å²) in [5, 5.41) is 5.82. The summed E-state index contributed by atoms with van der Waals surface area (Å²) in [6, 6.07) is 14.8. The maximum atomic E-state index is 2.49. The summed E-state index contributed by atoms with van der Waals surface area (Å²) in [5.41, 5.74) is 11.7. The molecule has 4 rings (SSSR count). The number of aryl methyl sites for hydroxylation is 2. The first kappa shape index (κ1) is 34.4. The van der Waals surface area contributed by atoms with Gasteiger partial charge in [-0.3, -0.25) is 0 Å². The first-order valence-electron chi connectivity index (χ1n) is 13.7. The Labute approximate surface area is 250 Å². The molecule has 0 heterocycles. The van der Waals surface area contributed by atoms with Gasteiger partial charge in [-0.2, -0.15) is 0 Å². The molecule has 0 amide bonds. The van der Waals surface area contributed by atoms with Crippen molar-refractivity contribution in [1.29, 1.82) is 0 Å². The summed E-state index contributed by atoms with van der Waals surface area (Å²) >= 11 is 0. The molecule has 0 spiro atoms. The van der Waals surface area contributed by atoms with Crippen LogP contribution in [0, 0.1) is 28.7 Å². The van der Waals surface area contributed by atoms with Crippen molar-refractivity contribution in [3.05, 3.63) is 95.8 Å². The second-order valence-electron chi connectivity index (χ2n) is 12.8. The molecule has 1 heteroatoms. The Morgan fingerprint density at radius 2 is 0.868 bits per heavy atom. The monoisotopic (exact) mass is 544 g/mol. The fourth-order valence-electron chi connectivity index (χ4n) is 6.55. The van der Waals surface area contributed by atoms with E-state index in [1.165, 1.54) is 66.1 Å². The third kappa shape index (κ3) is 5.64. The second kappa shape index (κ2) is 12.3. The molecule has 0 N–H and O–H groups in total. The number of hydrogen-bond donors (Lipinski definition) is 0. The maximum absolute atomic E-state index is 2.49. The van der Waals surface area contributed by atoms with Crippen LogP contribution in [0.25, 0.3) is 21.5 Å². The largest absolute Gasteiger partial charge is 4.00 e. The molecule has 0 unspecified atom stereocenters. The van der Waals surface area contributed by atoms with Crippen molar-refractivity contribution < 1.29 is 21.7 Å². The van der Waals surface area contributed by atoms with Crippen LogP contribution in [0.1, 0.15) is 137 Å². The minimum atomic E-state index is -0.0936. The van der Waals surface area contributed by atoms with Crippen LogP contribution in [-0.4, -0.2) is 0 Å². The molecule has 0 fully saturated rings. The first-order chi connectivity index (χ1) is 16.2. The minimum Gasteiger partial charge on any atom is -0.358 e. The number of benzene rings is 2. The molecule has 0 saturated heterocycles. The van der Waals surface area contributed by atoms with Gasteiger partial charge in [-0.15, -0.1) is 68.1 Å². The molecule has 0 nitrogen and oxygen atoms in total. The van der Waals surface area contributed by atoms with Crippen LogP contribution in [0.3, 0.4) is 0 Å². The van der Waals surface area contributed by atoms with Crippen LogP contribution >= 0.6 is 0 Å². The van der Waals surface area contributed by atoms with E-state index in [0.717, 1.165) is 0 Å². The van der Waals surface area contributed by atoms with Crippen molar-refractivity contribution in [3.8, 4) is 0 Å². The number of hydrogen-bond acceptors (Lipinski definition) is 0. The maximum Gasteiger partial charge on any atom is 4.00 e. The topological polar surface area (TPSA) is 0 Å². The average Bonchev–Trinajstić information content (AvgIpc) is 3.27. The summed E-state index contributed by atoms with van der Waals surface area (Å²) in [6.45, 7) is 28.2. The van der Waals surface area contributed by atoms with Crippen LogP contribution < -0.4 is 0 Å². The van der Waals surface area contributed by atoms with E-state index in [1.807, 2.05) is 0 Å². The Hall–Kier alpha value is -1.63. The fourth-order valence-corrected chi connectivity index (χ4v) is 6.55. The van der Waals surface area contributed by atoms with Crippen LogP contribution in [0.4, 0.5) is 0 Å². The zero-order chi connectivity index (χ0) is 26.0. The third-order valence-corrected chi connectivity index (χ3v) is 8.30. The zero-order valence-electron chi connectivity index (χ0n) is 26.8. The van der Waals surface area contributed by atoms with Crippen molar-refractivity contribution in [3.63, 3.8) is 0 Å². The SMILES string of the molecule is Cc1[cH-]c2cc(C(C)C)cc(C(C)C)c2c1C(C)(C)c1c(C)[cH-]c2cc(C(C)C)cc(C(C)C)c12.[CH3-].[CH3-].[Ti+4]. The Bertz CT molecular complexity index is 1280. The smallest absolute Gasteiger partial charge is 0.358 e. The van der Waals surface area contributed by atoms with E-state index < -0.39 is 0 Å². The van der Waals surface area contributed by atoms with Crippen molar-refractivity contribution >= 4 is 21.5 Å². The van der Waals surface area contributed by atoms with E-state index in [0.29, 0.717) is 23.7 Å². The van der Waals surface area contributed by atoms with Gasteiger partial charge in [-0.1, -0.05) is 123 Å². The van der Waals surface area contributed by atoms with Crippen molar-refractivity contribution in [2.75, 3.05) is 0 Å². The van der Waals surface area contributed by atoms with E-state index in [1.54, 1.807) is 0 Å². The summed E-state index contributed by atoms with van der Waals surface area (Å²) in [5.74, 6) is 2.05. The van der Waals surface area contributed by atoms with Crippen molar-refractivity contribution in [1.82, 2.24) is 0 Å². The molecule has 38 heavy (non-hydrogen) atoms. The second-order valence-corrected chi connectivity index (χ2v) is 12.8. The molecule has 0 bridgehead atoms. The summed E-state index contributed by atoms with van der Waals surface area (Å²) in [4.78, 5) is 0. The Morgan fingerprint density at radius 3 is 1.13 bits per heavy atom. The Kier molecular flexibility index (Phi) is 11.1. The normalized spacial score (nSPS) is 12.0. The molecule has 4 aromatic carbocycles. The molecule has 204 valence electrons. The molecule has 0 radical (unpaired) electrons. The van der Waals surface area contributed by atoms with Crippen LogP contribution in [0.5, 0.6) is 0 Å². The summed E-state index contributed by atoms with van der Waals surface area (Å²) < 4.78 is 0. The zero-order valence-corrected chi connectivity index (χ0v) is 28.3. The van der Waals surface area contributed by atoms with Gasteiger partial charge in [-0.05, 0) is 23.7 Å². The van der Waals surface area contributed by atoms with E-state index in [-0.39, 0.29) is 42.0 Å². The molecular weight excluding hydrogens is 492 g/mol. The van der Waals surface area contributed by atoms with Gasteiger partial charge >= 0.3 is 21.7 Å². The molecule has 0 saturated carbocycles. The quantitative estimate of drug-likeness (QED) is 0.167. The van der Waals surface area contributed by atoms with Gasteiger partial charge in [0, 0.05) is 0 Å².